The molecule has 9 nitrogen and oxygen atoms in total. The third-order valence-corrected chi connectivity index (χ3v) is 5.11. The quantitative estimate of drug-likeness (QED) is 0.578. The van der Waals surface area contributed by atoms with E-state index in [-0.39, 0.29) is 32.7 Å². The number of amides is 3. The average molecular weight is 454 g/mol. The molecule has 2 atom stereocenters. The van der Waals surface area contributed by atoms with Gasteiger partial charge in [0, 0.05) is 6.42 Å². The smallest absolute Gasteiger partial charge is 0.417 e. The number of hydrogen-bond donors (Lipinski definition) is 1. The predicted molar refractivity (Wildman–Crippen MR) is 117 cm³/mol. The van der Waals surface area contributed by atoms with Crippen LogP contribution in [0.4, 0.5) is 4.79 Å². The Balaban J connectivity index is 1.59. The Bertz CT molecular complexity index is 965. The molecule has 0 aromatic heterocycles. The molecule has 3 rings (SSSR count). The molecule has 1 heterocycles. The van der Waals surface area contributed by atoms with Crippen LogP contribution in [0, 0.1) is 0 Å². The fourth-order valence-electron chi connectivity index (χ4n) is 3.40. The van der Waals surface area contributed by atoms with Crippen molar-refractivity contribution in [3.05, 3.63) is 71.8 Å². The first-order valence-electron chi connectivity index (χ1n) is 10.5. The van der Waals surface area contributed by atoms with Crippen molar-refractivity contribution in [2.75, 3.05) is 13.7 Å². The van der Waals surface area contributed by atoms with Crippen molar-refractivity contribution < 1.29 is 33.4 Å². The number of benzene rings is 2. The highest BCUT2D eigenvalue weighted by Gasteiger charge is 2.42. The van der Waals surface area contributed by atoms with Crippen molar-refractivity contribution in [1.29, 1.82) is 0 Å². The molecule has 1 aliphatic heterocycles. The van der Waals surface area contributed by atoms with Gasteiger partial charge in [-0.25, -0.2) is 14.5 Å². The van der Waals surface area contributed by atoms with Crippen LogP contribution in [-0.2, 0) is 41.8 Å². The standard InChI is InChI=1S/C24H26N2O7/c1-31-23(29)19(16-32-14-17-8-4-2-5-9-17)25-22(28)20-12-13-21(27)26(20)24(30)33-15-18-10-6-3-7-11-18/h2-11,19-20H,12-16H2,1H3,(H,25,28)/t19-,20-/m0/s1. The maximum atomic E-state index is 12.9. The van der Waals surface area contributed by atoms with Crippen LogP contribution in [0.5, 0.6) is 0 Å². The number of carbonyl (C=O) groups excluding carboxylic acids is 4. The number of esters is 1. The Morgan fingerprint density at radius 3 is 2.21 bits per heavy atom. The van der Waals surface area contributed by atoms with Crippen molar-refractivity contribution >= 4 is 23.9 Å². The molecule has 33 heavy (non-hydrogen) atoms. The molecule has 9 heteroatoms. The van der Waals surface area contributed by atoms with Gasteiger partial charge in [0.25, 0.3) is 0 Å². The number of nitrogens with zero attached hydrogens (tertiary/aromatic N) is 1. The highest BCUT2D eigenvalue weighted by atomic mass is 16.6. The molecule has 3 amide bonds. The average Bonchev–Trinajstić information content (AvgIpc) is 3.24. The van der Waals surface area contributed by atoms with Crippen molar-refractivity contribution in [3.63, 3.8) is 0 Å². The predicted octanol–water partition coefficient (Wildman–Crippen LogP) is 2.19. The molecule has 2 aromatic rings. The minimum Gasteiger partial charge on any atom is -0.467 e. The second-order valence-corrected chi connectivity index (χ2v) is 7.44. The summed E-state index contributed by atoms with van der Waals surface area (Å²) in [7, 11) is 1.20. The second-order valence-electron chi connectivity index (χ2n) is 7.44. The van der Waals surface area contributed by atoms with Crippen molar-refractivity contribution in [1.82, 2.24) is 10.2 Å². The molecule has 0 saturated carbocycles. The van der Waals surface area contributed by atoms with Crippen LogP contribution < -0.4 is 5.32 Å². The molecule has 0 radical (unpaired) electrons. The lowest BCUT2D eigenvalue weighted by Crippen LogP contribution is -2.53. The van der Waals surface area contributed by atoms with E-state index >= 15 is 0 Å². The van der Waals surface area contributed by atoms with Gasteiger partial charge >= 0.3 is 12.1 Å². The Morgan fingerprint density at radius 2 is 1.61 bits per heavy atom. The molecule has 2 aromatic carbocycles. The summed E-state index contributed by atoms with van der Waals surface area (Å²) >= 11 is 0. The molecule has 1 N–H and O–H groups in total. The molecular weight excluding hydrogens is 428 g/mol. The summed E-state index contributed by atoms with van der Waals surface area (Å²) in [6.07, 6.45) is -0.757. The Labute approximate surface area is 191 Å². The molecular formula is C24H26N2O7. The minimum atomic E-state index is -1.09. The highest BCUT2D eigenvalue weighted by Crippen LogP contribution is 2.21. The van der Waals surface area contributed by atoms with E-state index in [0.29, 0.717) is 0 Å². The highest BCUT2D eigenvalue weighted by molar-refractivity contribution is 6.01. The zero-order valence-electron chi connectivity index (χ0n) is 18.3. The largest absolute Gasteiger partial charge is 0.467 e. The maximum absolute atomic E-state index is 12.9. The summed E-state index contributed by atoms with van der Waals surface area (Å²) in [5.74, 6) is -1.86. The van der Waals surface area contributed by atoms with Gasteiger partial charge < -0.3 is 19.5 Å². The number of hydrogen-bond acceptors (Lipinski definition) is 7. The van der Waals surface area contributed by atoms with Gasteiger partial charge in [0.05, 0.1) is 20.3 Å². The van der Waals surface area contributed by atoms with Crippen LogP contribution in [0.3, 0.4) is 0 Å². The molecule has 1 fully saturated rings. The monoisotopic (exact) mass is 454 g/mol. The van der Waals surface area contributed by atoms with Crippen LogP contribution in [0.15, 0.2) is 60.7 Å². The van der Waals surface area contributed by atoms with E-state index in [2.05, 4.69) is 5.32 Å². The maximum Gasteiger partial charge on any atom is 0.417 e. The van der Waals surface area contributed by atoms with E-state index < -0.39 is 36.0 Å². The van der Waals surface area contributed by atoms with Crippen molar-refractivity contribution in [3.8, 4) is 0 Å². The number of likely N-dealkylation sites (tertiary alicyclic amines) is 1. The minimum absolute atomic E-state index is 0.0198. The summed E-state index contributed by atoms with van der Waals surface area (Å²) in [6, 6.07) is 16.1. The molecule has 0 spiro atoms. The van der Waals surface area contributed by atoms with E-state index in [1.165, 1.54) is 7.11 Å². The van der Waals surface area contributed by atoms with Crippen molar-refractivity contribution in [2.24, 2.45) is 0 Å². The fourth-order valence-corrected chi connectivity index (χ4v) is 3.40. The molecule has 1 saturated heterocycles. The van der Waals surface area contributed by atoms with Gasteiger partial charge in [-0.3, -0.25) is 9.59 Å². The topological polar surface area (TPSA) is 111 Å². The first-order chi connectivity index (χ1) is 16.0. The van der Waals surface area contributed by atoms with Gasteiger partial charge in [-0.05, 0) is 17.5 Å². The number of rotatable bonds is 9. The third kappa shape index (κ3) is 6.63. The van der Waals surface area contributed by atoms with E-state index in [9.17, 15) is 19.2 Å². The SMILES string of the molecule is COC(=O)[C@H](COCc1ccccc1)NC(=O)[C@@H]1CCC(=O)N1C(=O)OCc1ccccc1. The van der Waals surface area contributed by atoms with Gasteiger partial charge in [-0.2, -0.15) is 0 Å². The van der Waals surface area contributed by atoms with E-state index in [1.807, 2.05) is 36.4 Å². The van der Waals surface area contributed by atoms with Gasteiger partial charge in [0.15, 0.2) is 6.04 Å². The first-order valence-corrected chi connectivity index (χ1v) is 10.5. The molecule has 1 aliphatic rings. The summed E-state index contributed by atoms with van der Waals surface area (Å²) in [6.45, 7) is 0.0758. The second kappa shape index (κ2) is 11.8. The van der Waals surface area contributed by atoms with Gasteiger partial charge in [-0.15, -0.1) is 0 Å². The lowest BCUT2D eigenvalue weighted by Gasteiger charge is -2.24. The van der Waals surface area contributed by atoms with Crippen LogP contribution in [0.25, 0.3) is 0 Å². The Morgan fingerprint density at radius 1 is 1.00 bits per heavy atom. The number of ether oxygens (including phenoxy) is 3. The van der Waals surface area contributed by atoms with Gasteiger partial charge in [0.1, 0.15) is 12.6 Å². The lowest BCUT2D eigenvalue weighted by molar-refractivity contribution is -0.147. The van der Waals surface area contributed by atoms with E-state index in [4.69, 9.17) is 14.2 Å². The number of methoxy groups -OCH3 is 1. The van der Waals surface area contributed by atoms with E-state index in [0.717, 1.165) is 16.0 Å². The summed E-state index contributed by atoms with van der Waals surface area (Å²) in [4.78, 5) is 50.6. The summed E-state index contributed by atoms with van der Waals surface area (Å²) < 4.78 is 15.5. The normalized spacial score (nSPS) is 16.2. The molecule has 0 aliphatic carbocycles. The van der Waals surface area contributed by atoms with Crippen LogP contribution >= 0.6 is 0 Å². The number of carbonyl (C=O) groups is 4. The third-order valence-electron chi connectivity index (χ3n) is 5.11. The summed E-state index contributed by atoms with van der Waals surface area (Å²) in [5.41, 5.74) is 1.65. The first kappa shape index (κ1) is 23.9. The van der Waals surface area contributed by atoms with E-state index in [1.54, 1.807) is 24.3 Å². The zero-order valence-corrected chi connectivity index (χ0v) is 18.3. The molecule has 0 unspecified atom stereocenters. The van der Waals surface area contributed by atoms with Crippen LogP contribution in [0.1, 0.15) is 24.0 Å². The number of imide groups is 1. The Hall–Kier alpha value is -3.72. The fraction of sp³-hybridized carbons (Fsp3) is 0.333. The van der Waals surface area contributed by atoms with Crippen LogP contribution in [0.2, 0.25) is 0 Å². The lowest BCUT2D eigenvalue weighted by atomic mass is 10.2. The van der Waals surface area contributed by atoms with Crippen LogP contribution in [-0.4, -0.2) is 54.6 Å². The van der Waals surface area contributed by atoms with Gasteiger partial charge in [0.2, 0.25) is 11.8 Å². The molecule has 174 valence electrons. The summed E-state index contributed by atoms with van der Waals surface area (Å²) in [5, 5.41) is 2.53. The zero-order chi connectivity index (χ0) is 23.6. The van der Waals surface area contributed by atoms with Crippen molar-refractivity contribution in [2.45, 2.75) is 38.1 Å². The Kier molecular flexibility index (Phi) is 8.54. The number of nitrogens with one attached hydrogen (secondary N) is 1. The van der Waals surface area contributed by atoms with Gasteiger partial charge in [-0.1, -0.05) is 60.7 Å². The molecule has 0 bridgehead atoms.